The number of aromatic nitrogens is 11. The van der Waals surface area contributed by atoms with Gasteiger partial charge in [-0.05, 0) is 304 Å². The lowest BCUT2D eigenvalue weighted by molar-refractivity contribution is 0.282. The predicted molar refractivity (Wildman–Crippen MR) is 556 cm³/mol. The monoisotopic (exact) mass is 1940 g/mol. The highest BCUT2D eigenvalue weighted by Crippen LogP contribution is 2.41. The largest absolute Gasteiger partial charge is 0.490 e. The fourth-order valence-corrected chi connectivity index (χ4v) is 16.2. The van der Waals surface area contributed by atoms with E-state index in [2.05, 4.69) is 155 Å². The summed E-state index contributed by atoms with van der Waals surface area (Å²) in [5.74, 6) is 11.9. The molecule has 17 rings (SSSR count). The van der Waals surface area contributed by atoms with E-state index in [4.69, 9.17) is 75.0 Å². The Bertz CT molecular complexity index is 6710. The first-order valence-corrected chi connectivity index (χ1v) is 49.3. The van der Waals surface area contributed by atoms with Crippen LogP contribution in [0.4, 0.5) is 0 Å². The zero-order chi connectivity index (χ0) is 101. The number of aliphatic hydroxyl groups is 1. The molecule has 0 bridgehead atoms. The number of nitrogens with one attached hydrogen (secondary N) is 2. The number of hydrogen-bond acceptors (Lipinski definition) is 30. The highest BCUT2D eigenvalue weighted by molar-refractivity contribution is 5.96. The molecule has 1 fully saturated rings. The first-order valence-electron chi connectivity index (χ1n) is 49.3. The van der Waals surface area contributed by atoms with Crippen molar-refractivity contribution < 1.29 is 75.1 Å². The van der Waals surface area contributed by atoms with Gasteiger partial charge in [-0.3, -0.25) is 4.90 Å². The summed E-state index contributed by atoms with van der Waals surface area (Å²) >= 11 is 0. The lowest BCUT2D eigenvalue weighted by atomic mass is 10.0. The van der Waals surface area contributed by atoms with Crippen LogP contribution in [0.3, 0.4) is 0 Å². The summed E-state index contributed by atoms with van der Waals surface area (Å²) in [6.45, 7) is 46.8. The SMILES string of the molecule is CCOc1ccc(-c2nc(-c3ccc(CN(C)C)c(C)c3)no2)cc1OCC.CCOc1ccc(-c2nc(-c3ccc(CN4CCCC4)c(C)c3)no2)cc1OCC.CCOc1ccc(-c2nc(-c3ccc(CO)cc3C)no2)cc1OCC.CCOc1ccc(-c2nc(-c3cccc(C)c3)no2)cc1OCC.CCOc1ccc(-c2nc(-c3cccc4[nH]cc(CNCCN(CC)CC)c34)no2)cc1OCC. The molecule has 0 amide bonds. The standard InChI is InChI=1S/C27H35N5O3.C24H29N3O3.C22H27N3O3.C20H22N2O4.C19H20N2O3/c1-5-32(6-2)15-14-28-17-20-18-29-22-11-9-10-21(25(20)22)26-30-27(35-31-26)19-12-13-23(33-7-3)24(16-19)34-8-4;1-4-28-21-11-10-19(15-22(21)29-5-2)24-25-23(26-30-24)18-8-9-20(17(3)14-18)16-27-12-6-7-13-27;1-6-26-19-11-10-17(13-20(19)27-7-2)22-23-21(24-28-22)16-8-9-18(14-25(4)5)15(3)12-16;1-4-24-17-9-7-15(11-18(17)25-5-2)20-21-19(22-26-20)16-8-6-14(12-23)10-13(16)3;1-4-22-16-10-9-15(12-17(16)23-5-2)19-20-18(21-24-19)14-8-6-7-13(3)11-14/h9-13,16,18,28-29H,5-8,14-15,17H2,1-4H3;8-11,14-15H,4-7,12-13,16H2,1-3H3;8-13H,6-7,14H2,1-5H3;6-11,23H,4-5,12H2,1-3H3;6-12H,4-5H2,1-3H3. The Morgan fingerprint density at radius 3 is 1.09 bits per heavy atom. The molecule has 0 radical (unpaired) electrons. The van der Waals surface area contributed by atoms with E-state index in [0.29, 0.717) is 182 Å². The summed E-state index contributed by atoms with van der Waals surface area (Å²) in [7, 11) is 4.12. The van der Waals surface area contributed by atoms with Crippen LogP contribution in [0, 0.1) is 27.7 Å². The summed E-state index contributed by atoms with van der Waals surface area (Å²) in [6, 6.07) is 60.6. The minimum absolute atomic E-state index is 0.00496. The molecule has 31 heteroatoms. The Morgan fingerprint density at radius 1 is 0.357 bits per heavy atom. The van der Waals surface area contributed by atoms with E-state index in [0.717, 1.165) is 129 Å². The van der Waals surface area contributed by atoms with Crippen LogP contribution < -0.4 is 52.7 Å². The summed E-state index contributed by atoms with van der Waals surface area (Å²) < 4.78 is 84.1. The van der Waals surface area contributed by atoms with Crippen molar-refractivity contribution in [3.63, 3.8) is 0 Å². The molecule has 3 N–H and O–H groups in total. The number of nitrogens with zero attached hydrogens (tertiary/aromatic N) is 13. The Kier molecular flexibility index (Phi) is 39.3. The maximum absolute atomic E-state index is 9.23. The third kappa shape index (κ3) is 28.4. The lowest BCUT2D eigenvalue weighted by Crippen LogP contribution is -2.31. The van der Waals surface area contributed by atoms with E-state index < -0.39 is 0 Å². The van der Waals surface area contributed by atoms with Crippen molar-refractivity contribution in [3.05, 3.63) is 239 Å². The molecule has 0 unspecified atom stereocenters. The Balaban J connectivity index is 0.000000151. The molecule has 0 atom stereocenters. The topological polar surface area (TPSA) is 345 Å². The third-order valence-corrected chi connectivity index (χ3v) is 23.2. The van der Waals surface area contributed by atoms with Gasteiger partial charge in [0.1, 0.15) is 0 Å². The number of H-pyrrole nitrogens is 1. The number of ether oxygens (including phenoxy) is 10. The Hall–Kier alpha value is -14.8. The maximum Gasteiger partial charge on any atom is 0.258 e. The maximum atomic E-state index is 9.23. The van der Waals surface area contributed by atoms with Gasteiger partial charge in [0.25, 0.3) is 29.5 Å². The smallest absolute Gasteiger partial charge is 0.258 e. The van der Waals surface area contributed by atoms with E-state index in [1.54, 1.807) is 0 Å². The van der Waals surface area contributed by atoms with Crippen molar-refractivity contribution in [2.75, 3.05) is 119 Å². The van der Waals surface area contributed by atoms with Crippen LogP contribution in [0.15, 0.2) is 217 Å². The second-order valence-electron chi connectivity index (χ2n) is 33.7. The fourth-order valence-electron chi connectivity index (χ4n) is 16.2. The van der Waals surface area contributed by atoms with Crippen LogP contribution in [-0.2, 0) is 26.2 Å². The molecule has 31 nitrogen and oxygen atoms in total. The zero-order valence-corrected chi connectivity index (χ0v) is 85.4. The van der Waals surface area contributed by atoms with E-state index in [1.807, 2.05) is 235 Å². The average molecular weight is 1950 g/mol. The first kappa shape index (κ1) is 106. The van der Waals surface area contributed by atoms with Crippen LogP contribution in [-0.4, -0.2) is 195 Å². The first-order chi connectivity index (χ1) is 69.7. The molecular formula is C112H133N15O16. The van der Waals surface area contributed by atoms with E-state index in [1.165, 1.54) is 53.7 Å². The number of hydrogen-bond donors (Lipinski definition) is 3. The minimum Gasteiger partial charge on any atom is -0.490 e. The van der Waals surface area contributed by atoms with Crippen LogP contribution >= 0.6 is 0 Å². The van der Waals surface area contributed by atoms with Gasteiger partial charge in [-0.2, -0.15) is 24.9 Å². The quantitative estimate of drug-likeness (QED) is 0.0299. The van der Waals surface area contributed by atoms with Crippen LogP contribution in [0.25, 0.3) is 125 Å². The van der Waals surface area contributed by atoms with Gasteiger partial charge in [-0.15, -0.1) is 0 Å². The molecule has 1 saturated heterocycles. The Labute approximate surface area is 836 Å². The molecule has 0 saturated carbocycles. The summed E-state index contributed by atoms with van der Waals surface area (Å²) in [6.07, 6.45) is 4.67. The van der Waals surface area contributed by atoms with Gasteiger partial charge >= 0.3 is 0 Å². The number of benzene rings is 10. The normalized spacial score (nSPS) is 11.7. The van der Waals surface area contributed by atoms with Crippen LogP contribution in [0.5, 0.6) is 57.5 Å². The zero-order valence-electron chi connectivity index (χ0n) is 85.4. The molecule has 10 aromatic carbocycles. The van der Waals surface area contributed by atoms with Gasteiger partial charge in [-0.25, -0.2) is 0 Å². The highest BCUT2D eigenvalue weighted by Gasteiger charge is 2.25. The summed E-state index contributed by atoms with van der Waals surface area (Å²) in [5, 5.41) is 34.8. The molecule has 0 spiro atoms. The number of aliphatic hydroxyl groups excluding tert-OH is 1. The number of fused-ring (bicyclic) bond motifs is 1. The van der Waals surface area contributed by atoms with Crippen molar-refractivity contribution >= 4 is 10.9 Å². The van der Waals surface area contributed by atoms with Crippen molar-refractivity contribution in [1.82, 2.24) is 75.7 Å². The van der Waals surface area contributed by atoms with Gasteiger partial charge in [0, 0.05) is 105 Å². The molecule has 1 aliphatic rings. The lowest BCUT2D eigenvalue weighted by Gasteiger charge is -2.17. The number of likely N-dealkylation sites (tertiary alicyclic amines) is 1. The fraction of sp³-hybridized carbons (Fsp3) is 0.357. The third-order valence-electron chi connectivity index (χ3n) is 23.2. The van der Waals surface area contributed by atoms with Crippen LogP contribution in [0.2, 0.25) is 0 Å². The van der Waals surface area contributed by atoms with Gasteiger partial charge in [0.15, 0.2) is 57.5 Å². The molecule has 0 aliphatic carbocycles. The van der Waals surface area contributed by atoms with Crippen molar-refractivity contribution in [2.24, 2.45) is 0 Å². The number of aromatic amines is 1. The predicted octanol–water partition coefficient (Wildman–Crippen LogP) is 23.3. The number of rotatable bonds is 42. The molecule has 1 aliphatic heterocycles. The van der Waals surface area contributed by atoms with E-state index >= 15 is 0 Å². The second-order valence-corrected chi connectivity index (χ2v) is 33.7. The van der Waals surface area contributed by atoms with Gasteiger partial charge in [0.2, 0.25) is 29.1 Å². The molecule has 6 aromatic heterocycles. The molecule has 7 heterocycles. The minimum atomic E-state index is 0.00496. The van der Waals surface area contributed by atoms with Crippen LogP contribution in [0.1, 0.15) is 140 Å². The van der Waals surface area contributed by atoms with E-state index in [9.17, 15) is 5.11 Å². The summed E-state index contributed by atoms with van der Waals surface area (Å²) in [4.78, 5) is 33.4. The van der Waals surface area contributed by atoms with Crippen molar-refractivity contribution in [3.8, 4) is 172 Å². The van der Waals surface area contributed by atoms with Gasteiger partial charge in [-0.1, -0.05) is 118 Å². The molecular weight excluding hydrogens is 1810 g/mol. The molecule has 752 valence electrons. The van der Waals surface area contributed by atoms with E-state index in [-0.39, 0.29) is 6.61 Å². The number of likely N-dealkylation sites (N-methyl/N-ethyl adjacent to an activating group) is 1. The van der Waals surface area contributed by atoms with Gasteiger partial charge < -0.3 is 95.2 Å². The van der Waals surface area contributed by atoms with Crippen molar-refractivity contribution in [1.29, 1.82) is 0 Å². The van der Waals surface area contributed by atoms with Crippen molar-refractivity contribution in [2.45, 2.75) is 150 Å². The average Bonchev–Trinajstić information content (AvgIpc) is 1.63. The molecule has 143 heavy (non-hydrogen) atoms. The Morgan fingerprint density at radius 2 is 0.720 bits per heavy atom. The summed E-state index contributed by atoms with van der Waals surface area (Å²) in [5.41, 5.74) is 18.9. The van der Waals surface area contributed by atoms with Gasteiger partial charge in [0.05, 0.1) is 72.7 Å². The second kappa shape index (κ2) is 53.2. The number of aryl methyl sites for hydroxylation is 4. The molecule has 16 aromatic rings. The highest BCUT2D eigenvalue weighted by atomic mass is 16.5.